The topological polar surface area (TPSA) is 68.7 Å². The molecule has 2 aliphatic rings. The summed E-state index contributed by atoms with van der Waals surface area (Å²) in [5.41, 5.74) is 4.73. The number of nitrogens with zero attached hydrogens (tertiary/aromatic N) is 3. The highest BCUT2D eigenvalue weighted by molar-refractivity contribution is 5.86. The number of aryl methyl sites for hydroxylation is 1. The largest absolute Gasteiger partial charge is 0.507 e. The number of carbonyl (C=O) groups excluding carboxylic acids is 1. The number of para-hydroxylation sites is 1. The van der Waals surface area contributed by atoms with Crippen molar-refractivity contribution < 1.29 is 9.90 Å². The Labute approximate surface area is 207 Å². The number of carbonyl (C=O) groups is 1. The van der Waals surface area contributed by atoms with Crippen molar-refractivity contribution in [3.8, 4) is 28.1 Å². The molecule has 2 aliphatic heterocycles. The van der Waals surface area contributed by atoms with Crippen LogP contribution in [-0.2, 0) is 4.79 Å². The van der Waals surface area contributed by atoms with E-state index in [1.165, 1.54) is 18.4 Å². The second-order valence-electron chi connectivity index (χ2n) is 9.62. The maximum atomic E-state index is 13.2. The summed E-state index contributed by atoms with van der Waals surface area (Å²) in [6.07, 6.45) is 4.28. The predicted octanol–water partition coefficient (Wildman–Crippen LogP) is 4.61. The number of benzene rings is 2. The van der Waals surface area contributed by atoms with E-state index in [4.69, 9.17) is 4.98 Å². The van der Waals surface area contributed by atoms with Crippen LogP contribution in [-0.4, -0.2) is 59.7 Å². The summed E-state index contributed by atoms with van der Waals surface area (Å²) >= 11 is 0. The molecule has 2 aromatic carbocycles. The van der Waals surface area contributed by atoms with Crippen LogP contribution in [0.25, 0.3) is 22.4 Å². The molecule has 2 N–H and O–H groups in total. The van der Waals surface area contributed by atoms with Crippen LogP contribution in [0.4, 0.5) is 5.82 Å². The third-order valence-corrected chi connectivity index (χ3v) is 7.22. The molecule has 0 saturated carbocycles. The molecule has 1 aromatic heterocycles. The zero-order valence-corrected chi connectivity index (χ0v) is 20.4. The fourth-order valence-electron chi connectivity index (χ4n) is 5.32. The zero-order chi connectivity index (χ0) is 24.2. The molecule has 3 heterocycles. The van der Waals surface area contributed by atoms with Gasteiger partial charge in [0.2, 0.25) is 5.91 Å². The van der Waals surface area contributed by atoms with Crippen LogP contribution in [0.3, 0.4) is 0 Å². The highest BCUT2D eigenvalue weighted by atomic mass is 16.3. The third-order valence-electron chi connectivity index (χ3n) is 7.22. The molecule has 0 bridgehead atoms. The number of rotatable bonds is 7. The predicted molar refractivity (Wildman–Crippen MR) is 141 cm³/mol. The van der Waals surface area contributed by atoms with Gasteiger partial charge in [-0.1, -0.05) is 36.4 Å². The lowest BCUT2D eigenvalue weighted by molar-refractivity contribution is -0.122. The number of hydrogen-bond donors (Lipinski definition) is 2. The molecule has 1 amide bonds. The summed E-state index contributed by atoms with van der Waals surface area (Å²) in [4.78, 5) is 22.7. The van der Waals surface area contributed by atoms with E-state index >= 15 is 0 Å². The smallest absolute Gasteiger partial charge is 0.242 e. The number of aromatic hydroxyl groups is 1. The Morgan fingerprint density at radius 3 is 2.51 bits per heavy atom. The van der Waals surface area contributed by atoms with E-state index in [0.717, 1.165) is 56.0 Å². The van der Waals surface area contributed by atoms with E-state index < -0.39 is 0 Å². The number of pyridine rings is 1. The van der Waals surface area contributed by atoms with Crippen molar-refractivity contribution in [2.45, 2.75) is 38.6 Å². The van der Waals surface area contributed by atoms with Gasteiger partial charge in [-0.3, -0.25) is 4.79 Å². The minimum atomic E-state index is -0.231. The molecule has 6 nitrogen and oxygen atoms in total. The molecule has 0 radical (unpaired) electrons. The lowest BCUT2D eigenvalue weighted by atomic mass is 9.99. The molecule has 3 aromatic rings. The third kappa shape index (κ3) is 5.17. The maximum Gasteiger partial charge on any atom is 0.242 e. The first-order chi connectivity index (χ1) is 17.1. The van der Waals surface area contributed by atoms with Crippen LogP contribution in [0.15, 0.2) is 60.7 Å². The number of phenols is 1. The van der Waals surface area contributed by atoms with Crippen LogP contribution in [0, 0.1) is 6.92 Å². The average Bonchev–Trinajstić information content (AvgIpc) is 3.57. The first kappa shape index (κ1) is 23.4. The van der Waals surface area contributed by atoms with E-state index in [2.05, 4.69) is 40.2 Å². The van der Waals surface area contributed by atoms with Crippen molar-refractivity contribution in [1.29, 1.82) is 0 Å². The number of hydrogen-bond acceptors (Lipinski definition) is 5. The average molecular weight is 471 g/mol. The summed E-state index contributed by atoms with van der Waals surface area (Å²) in [7, 11) is 0. The highest BCUT2D eigenvalue weighted by Crippen LogP contribution is 2.36. The summed E-state index contributed by atoms with van der Waals surface area (Å²) in [6, 6.07) is 19.4. The van der Waals surface area contributed by atoms with Crippen LogP contribution in [0.2, 0.25) is 0 Å². The van der Waals surface area contributed by atoms with Gasteiger partial charge in [-0.05, 0) is 86.7 Å². The Hall–Kier alpha value is -3.38. The van der Waals surface area contributed by atoms with Crippen molar-refractivity contribution in [1.82, 2.24) is 15.2 Å². The first-order valence-corrected chi connectivity index (χ1v) is 12.7. The van der Waals surface area contributed by atoms with Gasteiger partial charge in [0.25, 0.3) is 0 Å². The van der Waals surface area contributed by atoms with E-state index in [1.807, 2.05) is 36.4 Å². The van der Waals surface area contributed by atoms with Crippen molar-refractivity contribution in [3.63, 3.8) is 0 Å². The van der Waals surface area contributed by atoms with Gasteiger partial charge in [0.1, 0.15) is 17.6 Å². The molecular weight excluding hydrogens is 436 g/mol. The van der Waals surface area contributed by atoms with E-state index in [0.29, 0.717) is 17.8 Å². The van der Waals surface area contributed by atoms with Gasteiger partial charge in [0, 0.05) is 25.2 Å². The van der Waals surface area contributed by atoms with Crippen molar-refractivity contribution in [2.75, 3.05) is 37.6 Å². The monoisotopic (exact) mass is 470 g/mol. The summed E-state index contributed by atoms with van der Waals surface area (Å²) < 4.78 is 0. The molecule has 2 fully saturated rings. The lowest BCUT2D eigenvalue weighted by Crippen LogP contribution is -2.45. The normalized spacial score (nSPS) is 18.2. The van der Waals surface area contributed by atoms with Gasteiger partial charge in [0.05, 0.1) is 5.69 Å². The number of nitrogens with one attached hydrogen (secondary N) is 1. The minimum absolute atomic E-state index is 0.0777. The Bertz CT molecular complexity index is 1130. The second-order valence-corrected chi connectivity index (χ2v) is 9.62. The molecule has 5 rings (SSSR count). The molecular formula is C29H34N4O2. The van der Waals surface area contributed by atoms with E-state index in [9.17, 15) is 9.90 Å². The minimum Gasteiger partial charge on any atom is -0.507 e. The zero-order valence-electron chi connectivity index (χ0n) is 20.4. The molecule has 2 saturated heterocycles. The van der Waals surface area contributed by atoms with Gasteiger partial charge < -0.3 is 20.2 Å². The van der Waals surface area contributed by atoms with Crippen molar-refractivity contribution in [3.05, 3.63) is 66.2 Å². The molecule has 182 valence electrons. The fourth-order valence-corrected chi connectivity index (χ4v) is 5.32. The van der Waals surface area contributed by atoms with Crippen molar-refractivity contribution in [2.24, 2.45) is 0 Å². The molecule has 0 spiro atoms. The van der Waals surface area contributed by atoms with Crippen LogP contribution >= 0.6 is 0 Å². The van der Waals surface area contributed by atoms with Gasteiger partial charge in [-0.15, -0.1) is 0 Å². The Balaban J connectivity index is 1.45. The highest BCUT2D eigenvalue weighted by Gasteiger charge is 2.32. The number of phenolic OH excluding ortho intramolecular Hbond substituents is 1. The summed E-state index contributed by atoms with van der Waals surface area (Å²) in [6.45, 7) is 6.75. The van der Waals surface area contributed by atoms with Gasteiger partial charge >= 0.3 is 0 Å². The number of aromatic nitrogens is 1. The quantitative estimate of drug-likeness (QED) is 0.528. The SMILES string of the molecule is Cc1ccccc1-c1cc(-c2ccccc2O)nc(N2CCC[C@H]2C(=O)NCCN2CCCC2)c1. The summed E-state index contributed by atoms with van der Waals surface area (Å²) in [5, 5.41) is 13.7. The van der Waals surface area contributed by atoms with Crippen LogP contribution in [0.5, 0.6) is 5.75 Å². The molecule has 0 unspecified atom stereocenters. The van der Waals surface area contributed by atoms with E-state index in [-0.39, 0.29) is 17.7 Å². The second kappa shape index (κ2) is 10.5. The first-order valence-electron chi connectivity index (χ1n) is 12.7. The summed E-state index contributed by atoms with van der Waals surface area (Å²) in [5.74, 6) is 1.06. The number of amides is 1. The number of likely N-dealkylation sites (tertiary alicyclic amines) is 1. The van der Waals surface area contributed by atoms with Crippen LogP contribution < -0.4 is 10.2 Å². The Morgan fingerprint density at radius 1 is 1.00 bits per heavy atom. The van der Waals surface area contributed by atoms with Crippen LogP contribution in [0.1, 0.15) is 31.2 Å². The lowest BCUT2D eigenvalue weighted by Gasteiger charge is -2.26. The van der Waals surface area contributed by atoms with Gasteiger partial charge in [-0.2, -0.15) is 0 Å². The fraction of sp³-hybridized carbons (Fsp3) is 0.379. The van der Waals surface area contributed by atoms with E-state index in [1.54, 1.807) is 6.07 Å². The molecule has 0 aliphatic carbocycles. The van der Waals surface area contributed by atoms with Crippen molar-refractivity contribution >= 4 is 11.7 Å². The standard InChI is InChI=1S/C29H34N4O2/c1-21-9-2-3-10-23(21)22-19-25(24-11-4-5-13-27(24)34)31-28(20-22)33-17-8-12-26(33)29(35)30-14-18-32-15-6-7-16-32/h2-5,9-11,13,19-20,26,34H,6-8,12,14-18H2,1H3,(H,30,35)/t26-/m0/s1. The Kier molecular flexibility index (Phi) is 7.00. The molecule has 1 atom stereocenters. The number of anilines is 1. The van der Waals surface area contributed by atoms with Gasteiger partial charge in [-0.25, -0.2) is 4.98 Å². The molecule has 35 heavy (non-hydrogen) atoms. The molecule has 6 heteroatoms. The maximum absolute atomic E-state index is 13.2. The van der Waals surface area contributed by atoms with Gasteiger partial charge in [0.15, 0.2) is 0 Å². The Morgan fingerprint density at radius 2 is 1.74 bits per heavy atom.